The fraction of sp³-hybridized carbons (Fsp3) is 0.154. The first kappa shape index (κ1) is 22.0. The molecule has 5 N–H and O–H groups in total. The van der Waals surface area contributed by atoms with E-state index in [-0.39, 0.29) is 22.9 Å². The van der Waals surface area contributed by atoms with E-state index in [9.17, 15) is 20.0 Å². The van der Waals surface area contributed by atoms with Crippen molar-refractivity contribution >= 4 is 11.5 Å². The maximum Gasteiger partial charge on any atom is 0.266 e. The Labute approximate surface area is 200 Å². The lowest BCUT2D eigenvalue weighted by Gasteiger charge is -2.40. The van der Waals surface area contributed by atoms with Crippen molar-refractivity contribution in [1.29, 1.82) is 5.26 Å². The van der Waals surface area contributed by atoms with E-state index >= 15 is 0 Å². The fourth-order valence-corrected chi connectivity index (χ4v) is 4.64. The Morgan fingerprint density at radius 2 is 1.86 bits per heavy atom. The van der Waals surface area contributed by atoms with Crippen molar-refractivity contribution in [3.63, 3.8) is 0 Å². The second-order valence-corrected chi connectivity index (χ2v) is 8.38. The van der Waals surface area contributed by atoms with E-state index in [4.69, 9.17) is 5.73 Å². The third-order valence-corrected chi connectivity index (χ3v) is 6.23. The minimum Gasteiger partial charge on any atom is -0.508 e. The highest BCUT2D eigenvalue weighted by Crippen LogP contribution is 2.45. The van der Waals surface area contributed by atoms with E-state index in [0.717, 1.165) is 5.56 Å². The summed E-state index contributed by atoms with van der Waals surface area (Å²) in [6.07, 6.45) is 1.55. The fourth-order valence-electron chi connectivity index (χ4n) is 4.64. The molecule has 0 amide bonds. The second kappa shape index (κ2) is 8.83. The summed E-state index contributed by atoms with van der Waals surface area (Å²) in [6.45, 7) is 0. The summed E-state index contributed by atoms with van der Waals surface area (Å²) >= 11 is 0. The zero-order valence-corrected chi connectivity index (χ0v) is 18.7. The van der Waals surface area contributed by atoms with Crippen LogP contribution in [0.4, 0.5) is 5.69 Å². The predicted octanol–water partition coefficient (Wildman–Crippen LogP) is 3.27. The van der Waals surface area contributed by atoms with E-state index in [1.165, 1.54) is 23.2 Å². The van der Waals surface area contributed by atoms with Crippen LogP contribution >= 0.6 is 0 Å². The van der Waals surface area contributed by atoms with Gasteiger partial charge in [0.1, 0.15) is 17.3 Å². The lowest BCUT2D eigenvalue weighted by molar-refractivity contribution is -0.116. The number of rotatable bonds is 4. The second-order valence-electron chi connectivity index (χ2n) is 8.38. The molecule has 0 radical (unpaired) electrons. The van der Waals surface area contributed by atoms with Crippen LogP contribution in [0.5, 0.6) is 5.75 Å². The highest BCUT2D eigenvalue weighted by atomic mass is 16.3. The van der Waals surface area contributed by atoms with Crippen molar-refractivity contribution in [3.8, 4) is 23.1 Å². The first-order valence-corrected chi connectivity index (χ1v) is 11.1. The number of hydrogen-bond acceptors (Lipinski definition) is 8. The Kier molecular flexibility index (Phi) is 5.55. The zero-order valence-electron chi connectivity index (χ0n) is 18.7. The third-order valence-electron chi connectivity index (χ3n) is 6.23. The summed E-state index contributed by atoms with van der Waals surface area (Å²) in [5.41, 5.74) is 13.0. The number of aromatic amines is 1. The van der Waals surface area contributed by atoms with E-state index in [1.54, 1.807) is 12.1 Å². The average molecular weight is 467 g/mol. The molecule has 1 atom stereocenters. The topological polar surface area (TPSA) is 148 Å². The number of nitrogens with one attached hydrogen (secondary N) is 2. The molecule has 1 aromatic heterocycles. The van der Waals surface area contributed by atoms with Crippen LogP contribution in [-0.4, -0.2) is 26.1 Å². The smallest absolute Gasteiger partial charge is 0.266 e. The molecular weight excluding hydrogens is 444 g/mol. The molecule has 35 heavy (non-hydrogen) atoms. The lowest BCUT2D eigenvalue weighted by atomic mass is 9.76. The molecule has 0 saturated heterocycles. The van der Waals surface area contributed by atoms with Gasteiger partial charge in [0.15, 0.2) is 5.78 Å². The molecule has 2 aromatic carbocycles. The van der Waals surface area contributed by atoms with Crippen molar-refractivity contribution in [2.75, 3.05) is 5.43 Å². The number of benzene rings is 2. The van der Waals surface area contributed by atoms with Gasteiger partial charge in [-0.15, -0.1) is 0 Å². The van der Waals surface area contributed by atoms with Gasteiger partial charge in [0.05, 0.1) is 23.2 Å². The summed E-state index contributed by atoms with van der Waals surface area (Å²) in [4.78, 5) is 25.3. The Morgan fingerprint density at radius 3 is 2.57 bits per heavy atom. The van der Waals surface area contributed by atoms with Gasteiger partial charge < -0.3 is 10.8 Å². The molecular formula is C26H22N6O3. The van der Waals surface area contributed by atoms with Crippen molar-refractivity contribution in [1.82, 2.24) is 15.2 Å². The summed E-state index contributed by atoms with van der Waals surface area (Å²) in [5.74, 6) is -0.489. The van der Waals surface area contributed by atoms with Gasteiger partial charge in [-0.2, -0.15) is 10.4 Å². The van der Waals surface area contributed by atoms with Crippen LogP contribution in [0.3, 0.4) is 0 Å². The molecule has 0 spiro atoms. The molecule has 3 aromatic rings. The largest absolute Gasteiger partial charge is 0.508 e. The molecule has 0 saturated carbocycles. The van der Waals surface area contributed by atoms with Crippen LogP contribution in [0.1, 0.15) is 30.7 Å². The van der Waals surface area contributed by atoms with Crippen LogP contribution in [0.15, 0.2) is 88.1 Å². The molecule has 2 aliphatic rings. The van der Waals surface area contributed by atoms with Gasteiger partial charge >= 0.3 is 0 Å². The average Bonchev–Trinajstić information content (AvgIpc) is 2.87. The van der Waals surface area contributed by atoms with Gasteiger partial charge in [0.2, 0.25) is 0 Å². The Bertz CT molecular complexity index is 1470. The first-order valence-electron chi connectivity index (χ1n) is 11.1. The summed E-state index contributed by atoms with van der Waals surface area (Å²) in [6, 6.07) is 19.3. The molecule has 1 aliphatic carbocycles. The van der Waals surface area contributed by atoms with Crippen LogP contribution in [-0.2, 0) is 4.79 Å². The molecule has 9 heteroatoms. The SMILES string of the molecule is N#CC1=C(N)N(Nc2cc(=O)[nH]nc2-c2ccccc2)C2=C(C(=O)CCC2)C1c1ccc(O)cc1. The highest BCUT2D eigenvalue weighted by molar-refractivity contribution is 6.00. The minimum atomic E-state index is -0.646. The number of anilines is 1. The van der Waals surface area contributed by atoms with E-state index in [1.807, 2.05) is 30.3 Å². The molecule has 2 heterocycles. The molecule has 1 aliphatic heterocycles. The van der Waals surface area contributed by atoms with E-state index in [2.05, 4.69) is 21.7 Å². The number of phenols is 1. The quantitative estimate of drug-likeness (QED) is 0.458. The maximum atomic E-state index is 13.2. The van der Waals surface area contributed by atoms with Crippen molar-refractivity contribution < 1.29 is 9.90 Å². The van der Waals surface area contributed by atoms with Crippen LogP contribution < -0.4 is 16.7 Å². The molecule has 0 fully saturated rings. The summed E-state index contributed by atoms with van der Waals surface area (Å²) in [7, 11) is 0. The number of Topliss-reactive ketones (excluding diaryl/α,β-unsaturated/α-hetero) is 1. The first-order chi connectivity index (χ1) is 17.0. The number of hydrazine groups is 1. The number of allylic oxidation sites excluding steroid dienone is 3. The number of carbonyl (C=O) groups is 1. The van der Waals surface area contributed by atoms with Gasteiger partial charge in [-0.25, -0.2) is 10.1 Å². The molecule has 174 valence electrons. The van der Waals surface area contributed by atoms with E-state index in [0.29, 0.717) is 47.5 Å². The number of ketones is 1. The third kappa shape index (κ3) is 3.91. The highest BCUT2D eigenvalue weighted by Gasteiger charge is 2.40. The van der Waals surface area contributed by atoms with Crippen molar-refractivity contribution in [2.45, 2.75) is 25.2 Å². The van der Waals surface area contributed by atoms with Crippen molar-refractivity contribution in [2.24, 2.45) is 5.73 Å². The number of nitrogens with zero attached hydrogens (tertiary/aromatic N) is 3. The minimum absolute atomic E-state index is 0.0660. The summed E-state index contributed by atoms with van der Waals surface area (Å²) < 4.78 is 0. The number of phenolic OH excluding ortho intramolecular Hbond substituents is 1. The number of nitrogens with two attached hydrogens (primary N) is 1. The van der Waals surface area contributed by atoms with E-state index < -0.39 is 11.5 Å². The number of aromatic nitrogens is 2. The Morgan fingerprint density at radius 1 is 1.11 bits per heavy atom. The monoisotopic (exact) mass is 466 g/mol. The zero-order chi connectivity index (χ0) is 24.5. The molecule has 5 rings (SSSR count). The van der Waals surface area contributed by atoms with Gasteiger partial charge in [-0.3, -0.25) is 15.0 Å². The number of carbonyl (C=O) groups excluding carboxylic acids is 1. The lowest BCUT2D eigenvalue weighted by Crippen LogP contribution is -2.42. The molecule has 1 unspecified atom stereocenters. The Balaban J connectivity index is 1.66. The normalized spacial score (nSPS) is 17.7. The number of aromatic hydroxyl groups is 1. The van der Waals surface area contributed by atoms with Gasteiger partial charge in [0.25, 0.3) is 5.56 Å². The van der Waals surface area contributed by atoms with Crippen LogP contribution in [0.25, 0.3) is 11.3 Å². The standard InChI is InChI=1S/C26H22N6O3/c27-14-18-23(15-9-11-17(33)12-10-15)24-20(7-4-8-21(24)34)32(26(18)28)31-19-13-22(35)29-30-25(19)16-5-2-1-3-6-16/h1-3,5-6,9-13,23,33H,4,7-8,28H2,(H2,29,31,35). The molecule has 9 nitrogen and oxygen atoms in total. The van der Waals surface area contributed by atoms with Gasteiger partial charge in [0, 0.05) is 29.3 Å². The van der Waals surface area contributed by atoms with Gasteiger partial charge in [-0.1, -0.05) is 42.5 Å². The number of H-pyrrole nitrogens is 1. The van der Waals surface area contributed by atoms with Gasteiger partial charge in [-0.05, 0) is 30.5 Å². The summed E-state index contributed by atoms with van der Waals surface area (Å²) in [5, 5.41) is 28.0. The molecule has 0 bridgehead atoms. The number of nitriles is 1. The van der Waals surface area contributed by atoms with Crippen molar-refractivity contribution in [3.05, 3.63) is 99.2 Å². The predicted molar refractivity (Wildman–Crippen MR) is 129 cm³/mol. The number of hydrogen-bond donors (Lipinski definition) is 4. The van der Waals surface area contributed by atoms with Crippen LogP contribution in [0, 0.1) is 11.3 Å². The van der Waals surface area contributed by atoms with Crippen LogP contribution in [0.2, 0.25) is 0 Å². The Hall–Kier alpha value is -4.84. The maximum absolute atomic E-state index is 13.2.